The first kappa shape index (κ1) is 24.1. The van der Waals surface area contributed by atoms with Gasteiger partial charge >= 0.3 is 0 Å². The molecule has 2 aromatic rings. The van der Waals surface area contributed by atoms with Gasteiger partial charge in [0.2, 0.25) is 10.0 Å². The Bertz CT molecular complexity index is 909. The number of pyridine rings is 1. The van der Waals surface area contributed by atoms with Crippen LogP contribution >= 0.6 is 24.8 Å². The van der Waals surface area contributed by atoms with Gasteiger partial charge in [-0.05, 0) is 37.6 Å². The molecule has 0 amide bonds. The van der Waals surface area contributed by atoms with Gasteiger partial charge in [0.1, 0.15) is 0 Å². The number of hydrogen-bond acceptors (Lipinski definition) is 5. The molecule has 2 aliphatic rings. The van der Waals surface area contributed by atoms with E-state index in [2.05, 4.69) is 36.2 Å². The Morgan fingerprint density at radius 3 is 2.00 bits per heavy atom. The summed E-state index contributed by atoms with van der Waals surface area (Å²) >= 11 is 0. The Balaban J connectivity index is 0.00000150. The van der Waals surface area contributed by atoms with Crippen LogP contribution in [0.5, 0.6) is 0 Å². The summed E-state index contributed by atoms with van der Waals surface area (Å²) in [6.07, 6.45) is 1.88. The molecule has 29 heavy (non-hydrogen) atoms. The minimum Gasteiger partial charge on any atom is -0.314 e. The number of benzene rings is 1. The van der Waals surface area contributed by atoms with Crippen molar-refractivity contribution in [3.8, 4) is 11.1 Å². The average Bonchev–Trinajstić information content (AvgIpc) is 3.55. The zero-order valence-electron chi connectivity index (χ0n) is 16.7. The van der Waals surface area contributed by atoms with E-state index in [0.717, 1.165) is 43.0 Å². The summed E-state index contributed by atoms with van der Waals surface area (Å²) in [5, 5.41) is 3.39. The first-order chi connectivity index (χ1) is 12.9. The van der Waals surface area contributed by atoms with E-state index in [1.165, 1.54) is 4.31 Å². The maximum Gasteiger partial charge on any atom is 0.243 e. The summed E-state index contributed by atoms with van der Waals surface area (Å²) in [7, 11) is -3.30. The van der Waals surface area contributed by atoms with Crippen LogP contribution in [0.15, 0.2) is 47.5 Å². The van der Waals surface area contributed by atoms with E-state index in [0.29, 0.717) is 18.0 Å². The number of rotatable bonds is 5. The van der Waals surface area contributed by atoms with Crippen molar-refractivity contribution in [3.63, 3.8) is 0 Å². The third kappa shape index (κ3) is 4.93. The van der Waals surface area contributed by atoms with E-state index in [1.807, 2.05) is 18.3 Å². The van der Waals surface area contributed by atoms with E-state index in [1.54, 1.807) is 12.1 Å². The SMILES string of the molecule is CC(C)(c1ccc(-c2ccc(S(=O)(=O)N3CC3)cc2)cn1)N1CCNCC1.Cl.Cl. The topological polar surface area (TPSA) is 65.3 Å². The molecular formula is C20H28Cl2N4O2S. The molecular weight excluding hydrogens is 431 g/mol. The molecule has 4 rings (SSSR count). The van der Waals surface area contributed by atoms with Crippen molar-refractivity contribution in [1.29, 1.82) is 0 Å². The van der Waals surface area contributed by atoms with Gasteiger partial charge in [-0.15, -0.1) is 24.8 Å². The van der Waals surface area contributed by atoms with Crippen LogP contribution in [-0.4, -0.2) is 61.9 Å². The zero-order chi connectivity index (χ0) is 19.1. The highest BCUT2D eigenvalue weighted by Gasteiger charge is 2.33. The summed E-state index contributed by atoms with van der Waals surface area (Å²) in [4.78, 5) is 7.53. The summed E-state index contributed by atoms with van der Waals surface area (Å²) in [6, 6.07) is 11.2. The molecule has 160 valence electrons. The quantitative estimate of drug-likeness (QED) is 0.697. The predicted molar refractivity (Wildman–Crippen MR) is 120 cm³/mol. The van der Waals surface area contributed by atoms with Crippen LogP contribution in [0, 0.1) is 0 Å². The van der Waals surface area contributed by atoms with Gasteiger partial charge in [0, 0.05) is 51.0 Å². The third-order valence-electron chi connectivity index (χ3n) is 5.53. The van der Waals surface area contributed by atoms with Gasteiger partial charge < -0.3 is 5.32 Å². The van der Waals surface area contributed by atoms with E-state index in [-0.39, 0.29) is 30.4 Å². The smallest absolute Gasteiger partial charge is 0.243 e. The van der Waals surface area contributed by atoms with Gasteiger partial charge in [-0.25, -0.2) is 8.42 Å². The normalized spacial score (nSPS) is 17.9. The molecule has 2 fully saturated rings. The van der Waals surface area contributed by atoms with Crippen LogP contribution in [-0.2, 0) is 15.6 Å². The number of piperazine rings is 1. The lowest BCUT2D eigenvalue weighted by Crippen LogP contribution is -2.52. The minimum absolute atomic E-state index is 0. The van der Waals surface area contributed by atoms with Crippen LogP contribution in [0.2, 0.25) is 0 Å². The van der Waals surface area contributed by atoms with E-state index in [4.69, 9.17) is 4.98 Å². The highest BCUT2D eigenvalue weighted by molar-refractivity contribution is 7.89. The molecule has 9 heteroatoms. The number of sulfonamides is 1. The van der Waals surface area contributed by atoms with E-state index < -0.39 is 10.0 Å². The average molecular weight is 459 g/mol. The standard InChI is InChI=1S/C20H26N4O2S.2ClH/c1-20(2,23-11-9-21-10-12-23)19-8-5-17(15-22-19)16-3-6-18(7-4-16)27(25,26)24-13-14-24;;/h3-8,15,21H,9-14H2,1-2H3;2*1H. The van der Waals surface area contributed by atoms with Crippen LogP contribution < -0.4 is 5.32 Å². The third-order valence-corrected chi connectivity index (χ3v) is 7.44. The molecule has 2 aliphatic heterocycles. The number of halogens is 2. The van der Waals surface area contributed by atoms with Gasteiger partial charge in [0.05, 0.1) is 16.1 Å². The van der Waals surface area contributed by atoms with Gasteiger partial charge in [0.15, 0.2) is 0 Å². The van der Waals surface area contributed by atoms with Crippen LogP contribution in [0.25, 0.3) is 11.1 Å². The summed E-state index contributed by atoms with van der Waals surface area (Å²) in [5.74, 6) is 0. The van der Waals surface area contributed by atoms with Crippen molar-refractivity contribution >= 4 is 34.8 Å². The van der Waals surface area contributed by atoms with Crippen LogP contribution in [0.4, 0.5) is 0 Å². The Morgan fingerprint density at radius 2 is 1.48 bits per heavy atom. The second-order valence-corrected chi connectivity index (χ2v) is 9.59. The van der Waals surface area contributed by atoms with Gasteiger partial charge in [0.25, 0.3) is 0 Å². The van der Waals surface area contributed by atoms with Crippen molar-refractivity contribution in [2.75, 3.05) is 39.3 Å². The lowest BCUT2D eigenvalue weighted by molar-refractivity contribution is 0.0988. The Hall–Kier alpha value is -1.22. The van der Waals surface area contributed by atoms with Crippen LogP contribution in [0.3, 0.4) is 0 Å². The van der Waals surface area contributed by atoms with Crippen molar-refractivity contribution in [3.05, 3.63) is 48.3 Å². The van der Waals surface area contributed by atoms with E-state index in [9.17, 15) is 8.42 Å². The fourth-order valence-electron chi connectivity index (χ4n) is 3.56. The number of hydrogen-bond donors (Lipinski definition) is 1. The Kier molecular flexibility index (Phi) is 7.70. The molecule has 6 nitrogen and oxygen atoms in total. The highest BCUT2D eigenvalue weighted by atomic mass is 35.5. The molecule has 0 spiro atoms. The predicted octanol–water partition coefficient (Wildman–Crippen LogP) is 2.74. The van der Waals surface area contributed by atoms with Crippen molar-refractivity contribution < 1.29 is 8.42 Å². The molecule has 0 aliphatic carbocycles. The summed E-state index contributed by atoms with van der Waals surface area (Å²) in [5.41, 5.74) is 2.90. The fraction of sp³-hybridized carbons (Fsp3) is 0.450. The highest BCUT2D eigenvalue weighted by Crippen LogP contribution is 2.29. The van der Waals surface area contributed by atoms with Crippen LogP contribution in [0.1, 0.15) is 19.5 Å². The van der Waals surface area contributed by atoms with Crippen molar-refractivity contribution in [1.82, 2.24) is 19.5 Å². The largest absolute Gasteiger partial charge is 0.314 e. The Labute approximate surface area is 185 Å². The van der Waals surface area contributed by atoms with Crippen molar-refractivity contribution in [2.45, 2.75) is 24.3 Å². The zero-order valence-corrected chi connectivity index (χ0v) is 19.1. The lowest BCUT2D eigenvalue weighted by atomic mass is 9.95. The molecule has 3 heterocycles. The molecule has 1 N–H and O–H groups in total. The molecule has 0 saturated carbocycles. The first-order valence-electron chi connectivity index (χ1n) is 9.42. The van der Waals surface area contributed by atoms with E-state index >= 15 is 0 Å². The summed E-state index contributed by atoms with van der Waals surface area (Å²) < 4.78 is 26.0. The first-order valence-corrected chi connectivity index (χ1v) is 10.9. The second-order valence-electron chi connectivity index (χ2n) is 7.66. The molecule has 2 saturated heterocycles. The minimum atomic E-state index is -3.30. The molecule has 0 atom stereocenters. The molecule has 0 unspecified atom stereocenters. The van der Waals surface area contributed by atoms with Gasteiger partial charge in [-0.2, -0.15) is 4.31 Å². The number of aromatic nitrogens is 1. The maximum atomic E-state index is 12.3. The number of nitrogens with one attached hydrogen (secondary N) is 1. The fourth-order valence-corrected chi connectivity index (χ4v) is 4.90. The van der Waals surface area contributed by atoms with Crippen molar-refractivity contribution in [2.24, 2.45) is 0 Å². The lowest BCUT2D eigenvalue weighted by Gasteiger charge is -2.40. The summed E-state index contributed by atoms with van der Waals surface area (Å²) in [6.45, 7) is 9.73. The molecule has 0 radical (unpaired) electrons. The molecule has 1 aromatic carbocycles. The maximum absolute atomic E-state index is 12.3. The molecule has 0 bridgehead atoms. The van der Waals surface area contributed by atoms with Gasteiger partial charge in [-0.3, -0.25) is 9.88 Å². The Morgan fingerprint density at radius 1 is 0.897 bits per heavy atom. The number of nitrogens with zero attached hydrogens (tertiary/aromatic N) is 3. The second kappa shape index (κ2) is 9.29. The monoisotopic (exact) mass is 458 g/mol. The van der Waals surface area contributed by atoms with Gasteiger partial charge in [-0.1, -0.05) is 18.2 Å². The molecule has 1 aromatic heterocycles.